The van der Waals surface area contributed by atoms with E-state index in [1.165, 1.54) is 6.42 Å². The fourth-order valence-corrected chi connectivity index (χ4v) is 4.19. The van der Waals surface area contributed by atoms with Gasteiger partial charge in [0, 0.05) is 13.7 Å². The highest BCUT2D eigenvalue weighted by Gasteiger charge is 2.46. The Morgan fingerprint density at radius 1 is 1.48 bits per heavy atom. The van der Waals surface area contributed by atoms with E-state index in [-0.39, 0.29) is 5.91 Å². The van der Waals surface area contributed by atoms with Crippen LogP contribution in [0.25, 0.3) is 0 Å². The number of likely N-dealkylation sites (tertiary alicyclic amines) is 1. The number of carbonyl (C=O) groups is 1. The van der Waals surface area contributed by atoms with Gasteiger partial charge in [0.15, 0.2) is 0 Å². The van der Waals surface area contributed by atoms with Gasteiger partial charge in [-0.05, 0) is 57.7 Å². The quantitative estimate of drug-likeness (QED) is 0.767. The van der Waals surface area contributed by atoms with Crippen LogP contribution in [0.2, 0.25) is 0 Å². The third kappa shape index (κ3) is 3.41. The summed E-state index contributed by atoms with van der Waals surface area (Å²) in [6, 6.07) is 0. The molecule has 1 saturated heterocycles. The third-order valence-corrected chi connectivity index (χ3v) is 5.78. The van der Waals surface area contributed by atoms with E-state index in [2.05, 4.69) is 17.1 Å². The number of methoxy groups -OCH3 is 1. The Bertz CT molecular complexity index is 363. The predicted octanol–water partition coefficient (Wildman–Crippen LogP) is 0.977. The van der Waals surface area contributed by atoms with Gasteiger partial charge in [-0.3, -0.25) is 4.79 Å². The number of piperidine rings is 1. The van der Waals surface area contributed by atoms with Crippen molar-refractivity contribution in [3.63, 3.8) is 0 Å². The van der Waals surface area contributed by atoms with Crippen LogP contribution in [-0.4, -0.2) is 56.2 Å². The van der Waals surface area contributed by atoms with Crippen molar-refractivity contribution in [2.45, 2.75) is 50.7 Å². The monoisotopic (exact) mass is 297 g/mol. The van der Waals surface area contributed by atoms with E-state index in [0.717, 1.165) is 45.3 Å². The summed E-state index contributed by atoms with van der Waals surface area (Å²) in [6.45, 7) is 5.44. The molecule has 1 aliphatic carbocycles. The van der Waals surface area contributed by atoms with Crippen molar-refractivity contribution in [1.29, 1.82) is 0 Å². The SMILES string of the molecule is CNC1(C(N)=O)CCCC1CCN1CCC(C)C(OC)C1. The second-order valence-corrected chi connectivity index (χ2v) is 6.80. The van der Waals surface area contributed by atoms with E-state index in [4.69, 9.17) is 10.5 Å². The second kappa shape index (κ2) is 7.07. The van der Waals surface area contributed by atoms with Gasteiger partial charge in [-0.25, -0.2) is 0 Å². The summed E-state index contributed by atoms with van der Waals surface area (Å²) >= 11 is 0. The maximum atomic E-state index is 11.9. The average Bonchev–Trinajstić information content (AvgIpc) is 2.90. The highest BCUT2D eigenvalue weighted by atomic mass is 16.5. The molecule has 0 aromatic carbocycles. The van der Waals surface area contributed by atoms with Crippen molar-refractivity contribution in [3.05, 3.63) is 0 Å². The maximum Gasteiger partial charge on any atom is 0.238 e. The van der Waals surface area contributed by atoms with Crippen LogP contribution in [0.3, 0.4) is 0 Å². The molecule has 5 heteroatoms. The predicted molar refractivity (Wildman–Crippen MR) is 84.0 cm³/mol. The maximum absolute atomic E-state index is 11.9. The number of rotatable bonds is 6. The minimum Gasteiger partial charge on any atom is -0.380 e. The summed E-state index contributed by atoms with van der Waals surface area (Å²) in [7, 11) is 3.67. The van der Waals surface area contributed by atoms with Crippen LogP contribution in [0.1, 0.15) is 39.0 Å². The first-order valence-electron chi connectivity index (χ1n) is 8.27. The summed E-state index contributed by atoms with van der Waals surface area (Å²) in [5, 5.41) is 3.22. The molecule has 2 fully saturated rings. The molecule has 0 aromatic heterocycles. The Balaban J connectivity index is 1.89. The largest absolute Gasteiger partial charge is 0.380 e. The molecule has 122 valence electrons. The second-order valence-electron chi connectivity index (χ2n) is 6.80. The zero-order chi connectivity index (χ0) is 15.5. The first-order valence-corrected chi connectivity index (χ1v) is 8.27. The number of ether oxygens (including phenoxy) is 1. The molecule has 0 radical (unpaired) electrons. The fraction of sp³-hybridized carbons (Fsp3) is 0.938. The molecule has 2 rings (SSSR count). The molecule has 0 bridgehead atoms. The number of carbonyl (C=O) groups excluding carboxylic acids is 1. The van der Waals surface area contributed by atoms with Crippen LogP contribution in [0.4, 0.5) is 0 Å². The zero-order valence-corrected chi connectivity index (χ0v) is 13.7. The number of primary amides is 1. The Morgan fingerprint density at radius 3 is 2.86 bits per heavy atom. The van der Waals surface area contributed by atoms with E-state index >= 15 is 0 Å². The lowest BCUT2D eigenvalue weighted by Crippen LogP contribution is -2.57. The van der Waals surface area contributed by atoms with E-state index < -0.39 is 5.54 Å². The van der Waals surface area contributed by atoms with Crippen LogP contribution in [0.5, 0.6) is 0 Å². The molecule has 4 unspecified atom stereocenters. The van der Waals surface area contributed by atoms with Crippen LogP contribution in [0.15, 0.2) is 0 Å². The van der Waals surface area contributed by atoms with E-state index in [1.807, 2.05) is 7.05 Å². The van der Waals surface area contributed by atoms with Crippen molar-refractivity contribution in [3.8, 4) is 0 Å². The summed E-state index contributed by atoms with van der Waals surface area (Å²) in [6.07, 6.45) is 5.63. The van der Waals surface area contributed by atoms with Crippen molar-refractivity contribution < 1.29 is 9.53 Å². The van der Waals surface area contributed by atoms with Crippen molar-refractivity contribution in [2.24, 2.45) is 17.6 Å². The third-order valence-electron chi connectivity index (χ3n) is 5.78. The van der Waals surface area contributed by atoms with Gasteiger partial charge in [-0.2, -0.15) is 0 Å². The normalized spacial score (nSPS) is 37.8. The van der Waals surface area contributed by atoms with E-state index in [9.17, 15) is 4.79 Å². The molecule has 0 spiro atoms. The zero-order valence-electron chi connectivity index (χ0n) is 13.7. The Labute approximate surface area is 128 Å². The molecule has 1 saturated carbocycles. The van der Waals surface area contributed by atoms with Crippen molar-refractivity contribution in [1.82, 2.24) is 10.2 Å². The molecule has 0 aromatic rings. The highest BCUT2D eigenvalue weighted by molar-refractivity contribution is 5.85. The lowest BCUT2D eigenvalue weighted by atomic mass is 9.83. The molecule has 3 N–H and O–H groups in total. The number of likely N-dealkylation sites (N-methyl/N-ethyl adjacent to an activating group) is 1. The smallest absolute Gasteiger partial charge is 0.238 e. The highest BCUT2D eigenvalue weighted by Crippen LogP contribution is 2.38. The summed E-state index contributed by atoms with van der Waals surface area (Å²) in [5.74, 6) is 0.814. The number of hydrogen-bond donors (Lipinski definition) is 2. The molecule has 2 aliphatic rings. The summed E-state index contributed by atoms with van der Waals surface area (Å²) in [5.41, 5.74) is 5.19. The van der Waals surface area contributed by atoms with Gasteiger partial charge in [-0.15, -0.1) is 0 Å². The van der Waals surface area contributed by atoms with Crippen LogP contribution >= 0.6 is 0 Å². The summed E-state index contributed by atoms with van der Waals surface area (Å²) < 4.78 is 5.58. The van der Waals surface area contributed by atoms with Crippen molar-refractivity contribution in [2.75, 3.05) is 33.8 Å². The Morgan fingerprint density at radius 2 is 2.24 bits per heavy atom. The first kappa shape index (κ1) is 16.7. The molecule has 1 amide bonds. The molecule has 4 atom stereocenters. The van der Waals surface area contributed by atoms with Crippen LogP contribution in [0, 0.1) is 11.8 Å². The number of nitrogens with one attached hydrogen (secondary N) is 1. The minimum absolute atomic E-state index is 0.186. The minimum atomic E-state index is -0.482. The number of amides is 1. The van der Waals surface area contributed by atoms with Gasteiger partial charge < -0.3 is 20.7 Å². The average molecular weight is 297 g/mol. The van der Waals surface area contributed by atoms with Gasteiger partial charge in [0.1, 0.15) is 5.54 Å². The van der Waals surface area contributed by atoms with Gasteiger partial charge in [0.2, 0.25) is 5.91 Å². The number of nitrogens with zero attached hydrogens (tertiary/aromatic N) is 1. The lowest BCUT2D eigenvalue weighted by molar-refractivity contribution is -0.125. The molecular weight excluding hydrogens is 266 g/mol. The van der Waals surface area contributed by atoms with Gasteiger partial charge in [0.25, 0.3) is 0 Å². The van der Waals surface area contributed by atoms with Gasteiger partial charge in [0.05, 0.1) is 6.10 Å². The van der Waals surface area contributed by atoms with Gasteiger partial charge in [-0.1, -0.05) is 13.3 Å². The topological polar surface area (TPSA) is 67.6 Å². The lowest BCUT2D eigenvalue weighted by Gasteiger charge is -2.38. The molecule has 1 heterocycles. The van der Waals surface area contributed by atoms with E-state index in [0.29, 0.717) is 17.9 Å². The van der Waals surface area contributed by atoms with E-state index in [1.54, 1.807) is 7.11 Å². The molecular formula is C16H31N3O2. The first-order chi connectivity index (χ1) is 10.0. The van der Waals surface area contributed by atoms with Crippen molar-refractivity contribution >= 4 is 5.91 Å². The fourth-order valence-electron chi connectivity index (χ4n) is 4.19. The van der Waals surface area contributed by atoms with Crippen LogP contribution < -0.4 is 11.1 Å². The van der Waals surface area contributed by atoms with Gasteiger partial charge >= 0.3 is 0 Å². The van der Waals surface area contributed by atoms with Crippen LogP contribution in [-0.2, 0) is 9.53 Å². The Kier molecular flexibility index (Phi) is 5.63. The summed E-state index contributed by atoms with van der Waals surface area (Å²) in [4.78, 5) is 14.4. The standard InChI is InChI=1S/C16H31N3O2/c1-12-6-9-19(11-14(12)21-3)10-7-13-5-4-8-16(13,18-2)15(17)20/h12-14,18H,4-11H2,1-3H3,(H2,17,20). The molecule has 5 nitrogen and oxygen atoms in total. The molecule has 21 heavy (non-hydrogen) atoms. The number of nitrogens with two attached hydrogens (primary N) is 1. The Hall–Kier alpha value is -0.650. The number of hydrogen-bond acceptors (Lipinski definition) is 4. The molecule has 1 aliphatic heterocycles.